The predicted octanol–water partition coefficient (Wildman–Crippen LogP) is 0.825. The van der Waals surface area contributed by atoms with E-state index in [4.69, 9.17) is 4.74 Å². The van der Waals surface area contributed by atoms with Crippen LogP contribution in [0.2, 0.25) is 0 Å². The van der Waals surface area contributed by atoms with Crippen LogP contribution in [-0.4, -0.2) is 41.6 Å². The Morgan fingerprint density at radius 1 is 1.62 bits per heavy atom. The van der Waals surface area contributed by atoms with Gasteiger partial charge in [0.15, 0.2) is 0 Å². The number of thioether (sulfide) groups is 1. The Kier molecular flexibility index (Phi) is 5.09. The first kappa shape index (κ1) is 11.3. The molecule has 3 atom stereocenters. The molecule has 2 N–H and O–H groups in total. The van der Waals surface area contributed by atoms with Crippen LogP contribution >= 0.6 is 11.8 Å². The Morgan fingerprint density at radius 2 is 2.38 bits per heavy atom. The average molecular weight is 205 g/mol. The fourth-order valence-electron chi connectivity index (χ4n) is 1.56. The summed E-state index contributed by atoms with van der Waals surface area (Å²) in [5, 5.41) is 12.6. The smallest absolute Gasteiger partial charge is 0.118 e. The van der Waals surface area contributed by atoms with E-state index < -0.39 is 0 Å². The van der Waals surface area contributed by atoms with Gasteiger partial charge in [0.05, 0.1) is 6.10 Å². The molecule has 4 heteroatoms. The number of aliphatic hydroxyl groups is 1. The third kappa shape index (κ3) is 3.46. The van der Waals surface area contributed by atoms with E-state index in [-0.39, 0.29) is 11.5 Å². The molecule has 0 amide bonds. The van der Waals surface area contributed by atoms with Crippen molar-refractivity contribution in [1.82, 2.24) is 5.32 Å². The molecule has 78 valence electrons. The van der Waals surface area contributed by atoms with Gasteiger partial charge in [0.2, 0.25) is 0 Å². The Morgan fingerprint density at radius 3 is 2.85 bits per heavy atom. The van der Waals surface area contributed by atoms with Crippen LogP contribution in [0.4, 0.5) is 0 Å². The lowest BCUT2D eigenvalue weighted by Crippen LogP contribution is -2.34. The number of hydrogen-bond donors (Lipinski definition) is 2. The topological polar surface area (TPSA) is 41.5 Å². The Labute approximate surface area is 84.2 Å². The SMILES string of the molecule is CCOC(SCC)[C@@H]1C[C@H](O)CN1. The second kappa shape index (κ2) is 5.86. The lowest BCUT2D eigenvalue weighted by atomic mass is 10.2. The van der Waals surface area contributed by atoms with E-state index >= 15 is 0 Å². The fourth-order valence-corrected chi connectivity index (χ4v) is 2.56. The number of rotatable bonds is 5. The molecule has 1 saturated heterocycles. The highest BCUT2D eigenvalue weighted by molar-refractivity contribution is 7.99. The number of aliphatic hydroxyl groups excluding tert-OH is 1. The monoisotopic (exact) mass is 205 g/mol. The molecule has 1 rings (SSSR count). The molecule has 0 aromatic heterocycles. The van der Waals surface area contributed by atoms with Gasteiger partial charge >= 0.3 is 0 Å². The maximum Gasteiger partial charge on any atom is 0.118 e. The molecule has 0 spiro atoms. The van der Waals surface area contributed by atoms with Crippen LogP contribution in [0.5, 0.6) is 0 Å². The van der Waals surface area contributed by atoms with Crippen molar-refractivity contribution in [2.24, 2.45) is 0 Å². The molecule has 0 bridgehead atoms. The van der Waals surface area contributed by atoms with E-state index in [1.165, 1.54) is 0 Å². The minimum absolute atomic E-state index is 0.189. The molecule has 0 saturated carbocycles. The van der Waals surface area contributed by atoms with Crippen molar-refractivity contribution in [2.75, 3.05) is 18.9 Å². The maximum absolute atomic E-state index is 9.36. The summed E-state index contributed by atoms with van der Waals surface area (Å²) in [6.07, 6.45) is 0.628. The first-order chi connectivity index (χ1) is 6.27. The molecule has 13 heavy (non-hydrogen) atoms. The molecule has 0 aliphatic carbocycles. The van der Waals surface area contributed by atoms with Crippen LogP contribution in [0.1, 0.15) is 20.3 Å². The van der Waals surface area contributed by atoms with Crippen LogP contribution in [0, 0.1) is 0 Å². The van der Waals surface area contributed by atoms with E-state index in [2.05, 4.69) is 12.2 Å². The van der Waals surface area contributed by atoms with Crippen molar-refractivity contribution >= 4 is 11.8 Å². The lowest BCUT2D eigenvalue weighted by Gasteiger charge is -2.22. The van der Waals surface area contributed by atoms with Crippen molar-refractivity contribution < 1.29 is 9.84 Å². The first-order valence-electron chi connectivity index (χ1n) is 4.92. The lowest BCUT2D eigenvalue weighted by molar-refractivity contribution is 0.0965. The van der Waals surface area contributed by atoms with Gasteiger partial charge in [-0.15, -0.1) is 11.8 Å². The Bertz CT molecular complexity index is 140. The number of hydrogen-bond acceptors (Lipinski definition) is 4. The Balaban J connectivity index is 2.35. The van der Waals surface area contributed by atoms with Crippen LogP contribution in [0.3, 0.4) is 0 Å². The number of ether oxygens (including phenoxy) is 1. The van der Waals surface area contributed by atoms with Crippen molar-refractivity contribution in [2.45, 2.75) is 37.9 Å². The minimum Gasteiger partial charge on any atom is -0.392 e. The summed E-state index contributed by atoms with van der Waals surface area (Å²) in [6, 6.07) is 0.319. The van der Waals surface area contributed by atoms with Gasteiger partial charge in [-0.05, 0) is 19.1 Å². The van der Waals surface area contributed by atoms with Crippen molar-refractivity contribution in [1.29, 1.82) is 0 Å². The Hall–Kier alpha value is 0.230. The van der Waals surface area contributed by atoms with Gasteiger partial charge in [-0.2, -0.15) is 0 Å². The molecule has 0 aromatic carbocycles. The number of β-amino-alcohol motifs (C(OH)–C–C–N with tert-alkyl or cyclic N) is 1. The molecule has 1 aliphatic rings. The quantitative estimate of drug-likeness (QED) is 0.652. The van der Waals surface area contributed by atoms with E-state index in [0.29, 0.717) is 12.6 Å². The molecule has 0 aromatic rings. The van der Waals surface area contributed by atoms with Crippen LogP contribution in [0.25, 0.3) is 0 Å². The predicted molar refractivity (Wildman–Crippen MR) is 56.0 cm³/mol. The highest BCUT2D eigenvalue weighted by atomic mass is 32.2. The normalized spacial score (nSPS) is 30.7. The van der Waals surface area contributed by atoms with Gasteiger partial charge in [0, 0.05) is 19.2 Å². The fraction of sp³-hybridized carbons (Fsp3) is 1.00. The van der Waals surface area contributed by atoms with Gasteiger partial charge in [0.1, 0.15) is 5.44 Å². The van der Waals surface area contributed by atoms with E-state index in [1.807, 2.05) is 6.92 Å². The van der Waals surface area contributed by atoms with Crippen molar-refractivity contribution in [3.8, 4) is 0 Å². The first-order valence-corrected chi connectivity index (χ1v) is 5.97. The molecule has 1 aliphatic heterocycles. The van der Waals surface area contributed by atoms with Gasteiger partial charge in [-0.3, -0.25) is 0 Å². The van der Waals surface area contributed by atoms with E-state index in [9.17, 15) is 5.11 Å². The summed E-state index contributed by atoms with van der Waals surface area (Å²) >= 11 is 1.80. The minimum atomic E-state index is -0.189. The maximum atomic E-state index is 9.36. The molecule has 1 fully saturated rings. The second-order valence-corrected chi connectivity index (χ2v) is 4.56. The zero-order valence-corrected chi connectivity index (χ0v) is 9.14. The van der Waals surface area contributed by atoms with Crippen LogP contribution in [-0.2, 0) is 4.74 Å². The number of nitrogens with one attached hydrogen (secondary N) is 1. The molecule has 1 unspecified atom stereocenters. The van der Waals surface area contributed by atoms with Gasteiger partial charge in [-0.1, -0.05) is 6.92 Å². The molecule has 3 nitrogen and oxygen atoms in total. The van der Waals surface area contributed by atoms with Gasteiger partial charge in [-0.25, -0.2) is 0 Å². The molecule has 0 radical (unpaired) electrons. The molecular formula is C9H19NO2S. The third-order valence-electron chi connectivity index (χ3n) is 2.13. The molecular weight excluding hydrogens is 186 g/mol. The van der Waals surface area contributed by atoms with Crippen LogP contribution < -0.4 is 5.32 Å². The standard InChI is InChI=1S/C9H19NO2S/c1-3-12-9(13-4-2)8-5-7(11)6-10-8/h7-11H,3-6H2,1-2H3/t7-,8-,9?/m0/s1. The van der Waals surface area contributed by atoms with E-state index in [0.717, 1.165) is 18.8 Å². The van der Waals surface area contributed by atoms with Crippen molar-refractivity contribution in [3.05, 3.63) is 0 Å². The zero-order chi connectivity index (χ0) is 9.68. The zero-order valence-electron chi connectivity index (χ0n) is 8.32. The molecule has 1 heterocycles. The summed E-state index contributed by atoms with van der Waals surface area (Å²) in [5.41, 5.74) is 0.201. The summed E-state index contributed by atoms with van der Waals surface area (Å²) < 4.78 is 5.60. The highest BCUT2D eigenvalue weighted by Crippen LogP contribution is 2.22. The average Bonchev–Trinajstić information content (AvgIpc) is 2.51. The summed E-state index contributed by atoms with van der Waals surface area (Å²) in [6.45, 7) is 5.58. The highest BCUT2D eigenvalue weighted by Gasteiger charge is 2.29. The van der Waals surface area contributed by atoms with Gasteiger partial charge in [0.25, 0.3) is 0 Å². The second-order valence-electron chi connectivity index (χ2n) is 3.18. The summed E-state index contributed by atoms with van der Waals surface area (Å²) in [4.78, 5) is 0. The van der Waals surface area contributed by atoms with Gasteiger partial charge < -0.3 is 15.2 Å². The van der Waals surface area contributed by atoms with Crippen LogP contribution in [0.15, 0.2) is 0 Å². The largest absolute Gasteiger partial charge is 0.392 e. The van der Waals surface area contributed by atoms with E-state index in [1.54, 1.807) is 11.8 Å². The third-order valence-corrected chi connectivity index (χ3v) is 3.26. The summed E-state index contributed by atoms with van der Waals surface area (Å²) in [5.74, 6) is 1.05. The summed E-state index contributed by atoms with van der Waals surface area (Å²) in [7, 11) is 0. The van der Waals surface area contributed by atoms with Crippen molar-refractivity contribution in [3.63, 3.8) is 0 Å².